The van der Waals surface area contributed by atoms with E-state index in [1.54, 1.807) is 0 Å². The molecule has 0 aliphatic carbocycles. The lowest BCUT2D eigenvalue weighted by Gasteiger charge is -2.25. The van der Waals surface area contributed by atoms with Gasteiger partial charge in [0.1, 0.15) is 0 Å². The van der Waals surface area contributed by atoms with Crippen LogP contribution >= 0.6 is 0 Å². The summed E-state index contributed by atoms with van der Waals surface area (Å²) in [6.45, 7) is 13.6. The maximum Gasteiger partial charge on any atom is 0.0192 e. The zero-order chi connectivity index (χ0) is 10.1. The third-order valence-electron chi connectivity index (χ3n) is 2.45. The second-order valence-electron chi connectivity index (χ2n) is 3.56. The molecule has 0 aliphatic rings. The van der Waals surface area contributed by atoms with Crippen molar-refractivity contribution in [2.24, 2.45) is 0 Å². The van der Waals surface area contributed by atoms with Crippen LogP contribution in [-0.2, 0) is 0 Å². The van der Waals surface area contributed by atoms with E-state index in [-0.39, 0.29) is 0 Å². The molecule has 0 bridgehead atoms. The third kappa shape index (κ3) is 6.05. The number of nitrogens with zero attached hydrogens (tertiary/aromatic N) is 1. The van der Waals surface area contributed by atoms with Gasteiger partial charge in [0.15, 0.2) is 0 Å². The lowest BCUT2D eigenvalue weighted by Crippen LogP contribution is -2.40. The fourth-order valence-corrected chi connectivity index (χ4v) is 1.63. The molecule has 0 fully saturated rings. The lowest BCUT2D eigenvalue weighted by molar-refractivity contribution is 0.251. The fraction of sp³-hybridized carbons (Fsp3) is 1.00. The molecule has 0 rings (SSSR count). The molecule has 0 aromatic carbocycles. The van der Waals surface area contributed by atoms with E-state index in [0.717, 1.165) is 6.54 Å². The van der Waals surface area contributed by atoms with Gasteiger partial charge in [-0.25, -0.2) is 0 Å². The van der Waals surface area contributed by atoms with Crippen molar-refractivity contribution in [3.63, 3.8) is 0 Å². The van der Waals surface area contributed by atoms with Crippen LogP contribution in [0, 0.1) is 0 Å². The van der Waals surface area contributed by atoms with Crippen LogP contribution in [0.25, 0.3) is 0 Å². The molecule has 0 saturated carbocycles. The van der Waals surface area contributed by atoms with Gasteiger partial charge < -0.3 is 10.2 Å². The molecule has 0 aromatic rings. The molecule has 0 saturated heterocycles. The molecule has 0 spiro atoms. The van der Waals surface area contributed by atoms with Crippen molar-refractivity contribution >= 4 is 0 Å². The average Bonchev–Trinajstić information content (AvgIpc) is 2.16. The molecular formula is C11H26N2. The summed E-state index contributed by atoms with van der Waals surface area (Å²) < 4.78 is 0. The first kappa shape index (κ1) is 12.9. The van der Waals surface area contributed by atoms with Gasteiger partial charge in [-0.05, 0) is 32.5 Å². The summed E-state index contributed by atoms with van der Waals surface area (Å²) in [7, 11) is 0. The molecule has 0 aromatic heterocycles. The van der Waals surface area contributed by atoms with Crippen molar-refractivity contribution in [2.45, 2.75) is 46.6 Å². The van der Waals surface area contributed by atoms with Crippen LogP contribution in [0.15, 0.2) is 0 Å². The summed E-state index contributed by atoms with van der Waals surface area (Å²) in [6, 6.07) is 0.677. The molecule has 2 heteroatoms. The number of hydrogen-bond donors (Lipinski definition) is 1. The normalized spacial score (nSPS) is 13.6. The largest absolute Gasteiger partial charge is 0.313 e. The van der Waals surface area contributed by atoms with Gasteiger partial charge in [-0.3, -0.25) is 0 Å². The van der Waals surface area contributed by atoms with Crippen LogP contribution in [0.3, 0.4) is 0 Å². The van der Waals surface area contributed by atoms with E-state index in [9.17, 15) is 0 Å². The number of nitrogens with one attached hydrogen (secondary N) is 1. The molecule has 0 radical (unpaired) electrons. The topological polar surface area (TPSA) is 15.3 Å². The minimum atomic E-state index is 0.677. The molecule has 0 aliphatic heterocycles. The summed E-state index contributed by atoms with van der Waals surface area (Å²) in [5, 5.41) is 3.51. The third-order valence-corrected chi connectivity index (χ3v) is 2.45. The predicted octanol–water partition coefficient (Wildman–Crippen LogP) is 2.11. The molecule has 0 heterocycles. The highest BCUT2D eigenvalue weighted by atomic mass is 15.1. The Labute approximate surface area is 83.7 Å². The predicted molar refractivity (Wildman–Crippen MR) is 60.2 cm³/mol. The number of hydrogen-bond acceptors (Lipinski definition) is 2. The summed E-state index contributed by atoms with van der Waals surface area (Å²) in [4.78, 5) is 2.52. The van der Waals surface area contributed by atoms with Crippen molar-refractivity contribution in [3.05, 3.63) is 0 Å². The molecule has 1 N–H and O–H groups in total. The van der Waals surface area contributed by atoms with Crippen LogP contribution in [0.1, 0.15) is 40.5 Å². The van der Waals surface area contributed by atoms with Crippen molar-refractivity contribution in [2.75, 3.05) is 26.2 Å². The summed E-state index contributed by atoms with van der Waals surface area (Å²) in [5.74, 6) is 0. The van der Waals surface area contributed by atoms with E-state index in [1.807, 2.05) is 0 Å². The second kappa shape index (κ2) is 8.52. The van der Waals surface area contributed by atoms with Gasteiger partial charge in [-0.2, -0.15) is 0 Å². The smallest absolute Gasteiger partial charge is 0.0192 e. The Morgan fingerprint density at radius 1 is 1.15 bits per heavy atom. The Morgan fingerprint density at radius 3 is 2.23 bits per heavy atom. The number of rotatable bonds is 8. The minimum absolute atomic E-state index is 0.677. The fourth-order valence-electron chi connectivity index (χ4n) is 1.63. The SMILES string of the molecule is CCCN(CC)C[C@H](CC)NCC. The van der Waals surface area contributed by atoms with E-state index >= 15 is 0 Å². The highest BCUT2D eigenvalue weighted by Crippen LogP contribution is 1.97. The summed E-state index contributed by atoms with van der Waals surface area (Å²) in [6.07, 6.45) is 2.49. The van der Waals surface area contributed by atoms with Gasteiger partial charge in [-0.15, -0.1) is 0 Å². The van der Waals surface area contributed by atoms with E-state index in [4.69, 9.17) is 0 Å². The van der Waals surface area contributed by atoms with Gasteiger partial charge in [0.25, 0.3) is 0 Å². The molecule has 0 unspecified atom stereocenters. The van der Waals surface area contributed by atoms with E-state index < -0.39 is 0 Å². The van der Waals surface area contributed by atoms with Crippen molar-refractivity contribution in [1.82, 2.24) is 10.2 Å². The summed E-state index contributed by atoms with van der Waals surface area (Å²) >= 11 is 0. The van der Waals surface area contributed by atoms with E-state index in [1.165, 1.54) is 32.5 Å². The Hall–Kier alpha value is -0.0800. The Kier molecular flexibility index (Phi) is 8.46. The summed E-state index contributed by atoms with van der Waals surface area (Å²) in [5.41, 5.74) is 0. The molecule has 0 amide bonds. The number of likely N-dealkylation sites (N-methyl/N-ethyl adjacent to an activating group) is 2. The Morgan fingerprint density at radius 2 is 1.85 bits per heavy atom. The molecular weight excluding hydrogens is 160 g/mol. The van der Waals surface area contributed by atoms with Gasteiger partial charge in [-0.1, -0.05) is 27.7 Å². The van der Waals surface area contributed by atoms with Crippen molar-refractivity contribution in [1.29, 1.82) is 0 Å². The highest BCUT2D eigenvalue weighted by molar-refractivity contribution is 4.69. The maximum absolute atomic E-state index is 3.51. The molecule has 1 atom stereocenters. The zero-order valence-corrected chi connectivity index (χ0v) is 9.77. The monoisotopic (exact) mass is 186 g/mol. The van der Waals surface area contributed by atoms with E-state index in [2.05, 4.69) is 37.9 Å². The van der Waals surface area contributed by atoms with E-state index in [0.29, 0.717) is 6.04 Å². The quantitative estimate of drug-likeness (QED) is 0.624. The van der Waals surface area contributed by atoms with Crippen LogP contribution in [-0.4, -0.2) is 37.1 Å². The van der Waals surface area contributed by atoms with Crippen LogP contribution in [0.2, 0.25) is 0 Å². The van der Waals surface area contributed by atoms with Gasteiger partial charge in [0, 0.05) is 12.6 Å². The van der Waals surface area contributed by atoms with Crippen molar-refractivity contribution in [3.8, 4) is 0 Å². The second-order valence-corrected chi connectivity index (χ2v) is 3.56. The van der Waals surface area contributed by atoms with Gasteiger partial charge in [0.05, 0.1) is 0 Å². The van der Waals surface area contributed by atoms with Gasteiger partial charge >= 0.3 is 0 Å². The molecule has 80 valence electrons. The highest BCUT2D eigenvalue weighted by Gasteiger charge is 2.08. The first-order valence-corrected chi connectivity index (χ1v) is 5.74. The zero-order valence-electron chi connectivity index (χ0n) is 9.77. The van der Waals surface area contributed by atoms with Crippen LogP contribution in [0.4, 0.5) is 0 Å². The first-order valence-electron chi connectivity index (χ1n) is 5.74. The van der Waals surface area contributed by atoms with Crippen LogP contribution < -0.4 is 5.32 Å². The standard InChI is InChI=1S/C11H26N2/c1-5-9-13(8-4)10-11(6-2)12-7-3/h11-12H,5-10H2,1-4H3/t11-/m0/s1. The first-order chi connectivity index (χ1) is 6.28. The van der Waals surface area contributed by atoms with Gasteiger partial charge in [0.2, 0.25) is 0 Å². The molecule has 2 nitrogen and oxygen atoms in total. The van der Waals surface area contributed by atoms with Crippen molar-refractivity contribution < 1.29 is 0 Å². The maximum atomic E-state index is 3.51. The van der Waals surface area contributed by atoms with Crippen LogP contribution in [0.5, 0.6) is 0 Å². The lowest BCUT2D eigenvalue weighted by atomic mass is 10.2. The average molecular weight is 186 g/mol. The molecule has 13 heavy (non-hydrogen) atoms. The Balaban J connectivity index is 3.73. The Bertz CT molecular complexity index is 92.3. The minimum Gasteiger partial charge on any atom is -0.313 e.